The molecule has 2 amide bonds. The van der Waals surface area contributed by atoms with E-state index in [0.717, 1.165) is 13.6 Å². The second kappa shape index (κ2) is 11.7. The van der Waals surface area contributed by atoms with E-state index in [0.29, 0.717) is 16.7 Å². The molecule has 2 N–H and O–H groups in total. The molecule has 0 atom stereocenters. The van der Waals surface area contributed by atoms with Crippen LogP contribution in [0, 0.1) is 10.5 Å². The largest absolute Gasteiger partial charge is 0.422 e. The van der Waals surface area contributed by atoms with E-state index in [1.54, 1.807) is 54.6 Å². The van der Waals surface area contributed by atoms with Crippen LogP contribution in [-0.2, 0) is 4.79 Å². The Hall–Kier alpha value is -3.05. The Bertz CT molecular complexity index is 1230. The fourth-order valence-electron chi connectivity index (χ4n) is 2.76. The summed E-state index contributed by atoms with van der Waals surface area (Å²) in [4.78, 5) is 36.8. The van der Waals surface area contributed by atoms with E-state index in [-0.39, 0.29) is 18.2 Å². The number of amides is 2. The van der Waals surface area contributed by atoms with Gasteiger partial charge in [0.05, 0.1) is 23.9 Å². The molecule has 0 aliphatic carbocycles. The average Bonchev–Trinajstić information content (AvgIpc) is 2.79. The van der Waals surface area contributed by atoms with Gasteiger partial charge in [-0.1, -0.05) is 45.8 Å². The number of ether oxygens (including phenoxy) is 1. The minimum atomic E-state index is -0.502. The van der Waals surface area contributed by atoms with Crippen molar-refractivity contribution < 1.29 is 19.1 Å². The van der Waals surface area contributed by atoms with Gasteiger partial charge in [-0.3, -0.25) is 9.59 Å². The van der Waals surface area contributed by atoms with Gasteiger partial charge in [0.1, 0.15) is 5.75 Å². The lowest BCUT2D eigenvalue weighted by molar-refractivity contribution is -0.120. The second-order valence-electron chi connectivity index (χ2n) is 6.90. The molecular formula is C24H19BrIN3O4. The summed E-state index contributed by atoms with van der Waals surface area (Å²) in [5.74, 6) is -1.07. The van der Waals surface area contributed by atoms with Crippen LogP contribution in [-0.4, -0.2) is 30.5 Å². The van der Waals surface area contributed by atoms with Crippen molar-refractivity contribution in [2.24, 2.45) is 5.10 Å². The maximum absolute atomic E-state index is 12.5. The smallest absolute Gasteiger partial charge is 0.343 e. The molecule has 0 spiro atoms. The molecule has 3 aromatic rings. The Kier molecular flexibility index (Phi) is 8.72. The molecule has 0 heterocycles. The highest BCUT2D eigenvalue weighted by molar-refractivity contribution is 14.1. The summed E-state index contributed by atoms with van der Waals surface area (Å²) < 4.78 is 7.05. The molecule has 3 aromatic carbocycles. The fourth-order valence-corrected chi connectivity index (χ4v) is 3.77. The highest BCUT2D eigenvalue weighted by atomic mass is 127. The van der Waals surface area contributed by atoms with Gasteiger partial charge in [-0.05, 0) is 72.0 Å². The van der Waals surface area contributed by atoms with Gasteiger partial charge < -0.3 is 10.1 Å². The highest BCUT2D eigenvalue weighted by Gasteiger charge is 2.13. The first kappa shape index (κ1) is 24.6. The summed E-state index contributed by atoms with van der Waals surface area (Å²) in [6, 6.07) is 19.2. The molecule has 0 saturated carbocycles. The van der Waals surface area contributed by atoms with Crippen LogP contribution in [0.1, 0.15) is 31.8 Å². The number of hydrogen-bond donors (Lipinski definition) is 2. The maximum atomic E-state index is 12.5. The lowest BCUT2D eigenvalue weighted by atomic mass is 10.1. The molecule has 0 radical (unpaired) electrons. The predicted octanol–water partition coefficient (Wildman–Crippen LogP) is 4.46. The molecule has 3 rings (SSSR count). The number of aryl methyl sites for hydroxylation is 1. The predicted molar refractivity (Wildman–Crippen MR) is 138 cm³/mol. The number of benzene rings is 3. The monoisotopic (exact) mass is 619 g/mol. The molecule has 0 unspecified atom stereocenters. The van der Waals surface area contributed by atoms with Gasteiger partial charge in [-0.2, -0.15) is 5.10 Å². The third-order valence-electron chi connectivity index (χ3n) is 4.35. The van der Waals surface area contributed by atoms with E-state index in [1.165, 1.54) is 6.21 Å². The van der Waals surface area contributed by atoms with E-state index in [2.05, 4.69) is 54.4 Å². The number of carbonyl (C=O) groups excluding carboxylic acids is 3. The summed E-state index contributed by atoms with van der Waals surface area (Å²) in [5.41, 5.74) is 4.69. The van der Waals surface area contributed by atoms with Crippen LogP contribution >= 0.6 is 38.5 Å². The van der Waals surface area contributed by atoms with E-state index in [4.69, 9.17) is 4.74 Å². The topological polar surface area (TPSA) is 96.9 Å². The van der Waals surface area contributed by atoms with Gasteiger partial charge in [0.15, 0.2) is 0 Å². The molecule has 33 heavy (non-hydrogen) atoms. The number of hydrazone groups is 1. The third kappa shape index (κ3) is 7.22. The van der Waals surface area contributed by atoms with Gasteiger partial charge >= 0.3 is 5.97 Å². The zero-order valence-corrected chi connectivity index (χ0v) is 21.2. The van der Waals surface area contributed by atoms with Crippen LogP contribution in [0.3, 0.4) is 0 Å². The summed E-state index contributed by atoms with van der Waals surface area (Å²) in [7, 11) is 0. The number of hydrogen-bond acceptors (Lipinski definition) is 5. The summed E-state index contributed by atoms with van der Waals surface area (Å²) in [6.45, 7) is 1.65. The Morgan fingerprint density at radius 2 is 1.85 bits per heavy atom. The fraction of sp³-hybridized carbons (Fsp3) is 0.0833. The lowest BCUT2D eigenvalue weighted by Crippen LogP contribution is -2.35. The molecule has 168 valence electrons. The first-order chi connectivity index (χ1) is 15.8. The standard InChI is InChI=1S/C24H19BrIN3O4/c1-15-5-4-6-16(11-15)24(32)33-21-10-9-18(25)12-17(21)13-28-29-22(30)14-27-23(31)19-7-2-3-8-20(19)26/h2-13H,14H2,1H3,(H,27,31)(H,29,30). The van der Waals surface area contributed by atoms with Crippen molar-refractivity contribution in [3.63, 3.8) is 0 Å². The first-order valence-electron chi connectivity index (χ1n) is 9.76. The molecule has 0 aliphatic heterocycles. The Labute approximate surface area is 212 Å². The van der Waals surface area contributed by atoms with Gasteiger partial charge in [0, 0.05) is 13.6 Å². The number of nitrogens with one attached hydrogen (secondary N) is 2. The van der Waals surface area contributed by atoms with E-state index >= 15 is 0 Å². The van der Waals surface area contributed by atoms with E-state index in [9.17, 15) is 14.4 Å². The average molecular weight is 620 g/mol. The number of nitrogens with zero attached hydrogens (tertiary/aromatic N) is 1. The highest BCUT2D eigenvalue weighted by Crippen LogP contribution is 2.23. The third-order valence-corrected chi connectivity index (χ3v) is 5.78. The minimum absolute atomic E-state index is 0.241. The quantitative estimate of drug-likeness (QED) is 0.134. The SMILES string of the molecule is Cc1cccc(C(=O)Oc2ccc(Br)cc2C=NNC(=O)CNC(=O)c2ccccc2I)c1. The molecule has 0 saturated heterocycles. The minimum Gasteiger partial charge on any atom is -0.422 e. The Balaban J connectivity index is 1.60. The second-order valence-corrected chi connectivity index (χ2v) is 8.97. The van der Waals surface area contributed by atoms with Crippen molar-refractivity contribution in [3.8, 4) is 5.75 Å². The zero-order valence-electron chi connectivity index (χ0n) is 17.5. The van der Waals surface area contributed by atoms with Crippen molar-refractivity contribution in [2.75, 3.05) is 6.54 Å². The van der Waals surface area contributed by atoms with Crippen LogP contribution in [0.25, 0.3) is 0 Å². The molecule has 0 fully saturated rings. The number of carbonyl (C=O) groups is 3. The van der Waals surface area contributed by atoms with Crippen molar-refractivity contribution in [2.45, 2.75) is 6.92 Å². The lowest BCUT2D eigenvalue weighted by Gasteiger charge is -2.09. The normalized spacial score (nSPS) is 10.6. The van der Waals surface area contributed by atoms with Crippen molar-refractivity contribution in [1.82, 2.24) is 10.7 Å². The van der Waals surface area contributed by atoms with Crippen LogP contribution in [0.2, 0.25) is 0 Å². The number of halogens is 2. The summed E-state index contributed by atoms with van der Waals surface area (Å²) >= 11 is 5.43. The molecule has 0 aliphatic rings. The van der Waals surface area contributed by atoms with Crippen molar-refractivity contribution in [1.29, 1.82) is 0 Å². The number of rotatable bonds is 7. The Morgan fingerprint density at radius 1 is 1.06 bits per heavy atom. The van der Waals surface area contributed by atoms with Gasteiger partial charge in [-0.15, -0.1) is 0 Å². The van der Waals surface area contributed by atoms with Crippen LogP contribution in [0.4, 0.5) is 0 Å². The van der Waals surface area contributed by atoms with Crippen molar-refractivity contribution in [3.05, 3.63) is 97.0 Å². The Morgan fingerprint density at radius 3 is 2.61 bits per heavy atom. The maximum Gasteiger partial charge on any atom is 0.343 e. The molecule has 0 bridgehead atoms. The van der Waals surface area contributed by atoms with Crippen LogP contribution < -0.4 is 15.5 Å². The van der Waals surface area contributed by atoms with Crippen LogP contribution in [0.15, 0.2) is 76.3 Å². The van der Waals surface area contributed by atoms with Gasteiger partial charge in [0.2, 0.25) is 0 Å². The van der Waals surface area contributed by atoms with Crippen molar-refractivity contribution >= 4 is 62.5 Å². The molecule has 9 heteroatoms. The molecule has 0 aromatic heterocycles. The first-order valence-corrected chi connectivity index (χ1v) is 11.6. The van der Waals surface area contributed by atoms with E-state index in [1.807, 2.05) is 19.1 Å². The van der Waals surface area contributed by atoms with E-state index < -0.39 is 11.9 Å². The number of esters is 1. The molecule has 7 nitrogen and oxygen atoms in total. The van der Waals surface area contributed by atoms with Gasteiger partial charge in [-0.25, -0.2) is 10.2 Å². The van der Waals surface area contributed by atoms with Crippen LogP contribution in [0.5, 0.6) is 5.75 Å². The summed E-state index contributed by atoms with van der Waals surface area (Å²) in [5, 5.41) is 6.47. The molecular weight excluding hydrogens is 601 g/mol. The zero-order chi connectivity index (χ0) is 23.8. The summed E-state index contributed by atoms with van der Waals surface area (Å²) in [6.07, 6.45) is 1.36. The van der Waals surface area contributed by atoms with Gasteiger partial charge in [0.25, 0.3) is 11.8 Å².